The van der Waals surface area contributed by atoms with E-state index in [0.717, 1.165) is 36.3 Å². The van der Waals surface area contributed by atoms with Crippen molar-refractivity contribution in [2.24, 2.45) is 0 Å². The van der Waals surface area contributed by atoms with Crippen LogP contribution in [-0.4, -0.2) is 22.3 Å². The summed E-state index contributed by atoms with van der Waals surface area (Å²) in [6.07, 6.45) is 5.91. The number of nitrogens with zero attached hydrogens (tertiary/aromatic N) is 2. The molecule has 29 heavy (non-hydrogen) atoms. The molecule has 0 unspecified atom stereocenters. The van der Waals surface area contributed by atoms with Crippen LogP contribution in [0, 0.1) is 13.8 Å². The number of amides is 1. The van der Waals surface area contributed by atoms with Crippen LogP contribution in [0.2, 0.25) is 0 Å². The molecular formula is C24H29N3O2. The summed E-state index contributed by atoms with van der Waals surface area (Å²) < 4.78 is 7.73. The van der Waals surface area contributed by atoms with Crippen molar-refractivity contribution in [1.29, 1.82) is 0 Å². The van der Waals surface area contributed by atoms with E-state index in [0.29, 0.717) is 19.6 Å². The van der Waals surface area contributed by atoms with Gasteiger partial charge < -0.3 is 10.1 Å². The zero-order valence-electron chi connectivity index (χ0n) is 17.2. The summed E-state index contributed by atoms with van der Waals surface area (Å²) in [5, 5.41) is 7.24. The Hall–Kier alpha value is -3.08. The van der Waals surface area contributed by atoms with E-state index in [1.807, 2.05) is 36.0 Å². The van der Waals surface area contributed by atoms with Gasteiger partial charge in [0, 0.05) is 25.4 Å². The fourth-order valence-electron chi connectivity index (χ4n) is 3.14. The third-order valence-corrected chi connectivity index (χ3v) is 4.78. The Balaban J connectivity index is 1.34. The van der Waals surface area contributed by atoms with Crippen LogP contribution in [0.25, 0.3) is 0 Å². The van der Waals surface area contributed by atoms with Gasteiger partial charge in [-0.3, -0.25) is 9.48 Å². The maximum atomic E-state index is 12.1. The molecule has 0 aliphatic heterocycles. The summed E-state index contributed by atoms with van der Waals surface area (Å²) >= 11 is 0. The molecule has 5 heteroatoms. The maximum Gasteiger partial charge on any atom is 0.220 e. The van der Waals surface area contributed by atoms with Crippen molar-refractivity contribution in [2.45, 2.75) is 46.2 Å². The smallest absolute Gasteiger partial charge is 0.220 e. The first kappa shape index (κ1) is 20.6. The molecule has 2 aromatic carbocycles. The van der Waals surface area contributed by atoms with Crippen molar-refractivity contribution >= 4 is 5.91 Å². The molecule has 1 N–H and O–H groups in total. The molecule has 0 saturated heterocycles. The summed E-state index contributed by atoms with van der Waals surface area (Å²) in [6.45, 7) is 6.02. The Kier molecular flexibility index (Phi) is 7.45. The Labute approximate surface area is 172 Å². The molecule has 1 aromatic heterocycles. The number of unbranched alkanes of at least 4 members (excludes halogenated alkanes) is 1. The van der Waals surface area contributed by atoms with Gasteiger partial charge >= 0.3 is 0 Å². The van der Waals surface area contributed by atoms with Gasteiger partial charge in [-0.25, -0.2) is 0 Å². The van der Waals surface area contributed by atoms with E-state index in [1.165, 1.54) is 11.1 Å². The van der Waals surface area contributed by atoms with Crippen LogP contribution in [0.5, 0.6) is 5.75 Å². The second-order valence-electron chi connectivity index (χ2n) is 7.37. The SMILES string of the molecule is Cc1ccc(C)c(OCCCCC(=O)NCc2cccc(Cn3cccn3)c2)c1. The third kappa shape index (κ3) is 6.79. The van der Waals surface area contributed by atoms with Crippen molar-refractivity contribution in [3.05, 3.63) is 83.2 Å². The van der Waals surface area contributed by atoms with E-state index < -0.39 is 0 Å². The Bertz CT molecular complexity index is 920. The fourth-order valence-corrected chi connectivity index (χ4v) is 3.14. The number of aromatic nitrogens is 2. The van der Waals surface area contributed by atoms with E-state index in [4.69, 9.17) is 4.74 Å². The monoisotopic (exact) mass is 391 g/mol. The van der Waals surface area contributed by atoms with Gasteiger partial charge in [-0.15, -0.1) is 0 Å². The first-order chi connectivity index (χ1) is 14.1. The van der Waals surface area contributed by atoms with Gasteiger partial charge in [0.05, 0.1) is 13.2 Å². The van der Waals surface area contributed by atoms with Crippen molar-refractivity contribution in [2.75, 3.05) is 6.61 Å². The van der Waals surface area contributed by atoms with Crippen molar-refractivity contribution in [3.63, 3.8) is 0 Å². The minimum absolute atomic E-state index is 0.0780. The Morgan fingerprint density at radius 1 is 1.07 bits per heavy atom. The van der Waals surface area contributed by atoms with Crippen molar-refractivity contribution in [3.8, 4) is 5.75 Å². The standard InChI is InChI=1S/C24H29N3O2/c1-19-10-11-20(2)23(15-19)29-14-4-3-9-24(28)25-17-21-7-5-8-22(16-21)18-27-13-6-12-26-27/h5-8,10-13,15-16H,3-4,9,14,17-18H2,1-2H3,(H,25,28). The highest BCUT2D eigenvalue weighted by Crippen LogP contribution is 2.19. The summed E-state index contributed by atoms with van der Waals surface area (Å²) in [4.78, 5) is 12.1. The van der Waals surface area contributed by atoms with Crippen LogP contribution in [-0.2, 0) is 17.9 Å². The van der Waals surface area contributed by atoms with Gasteiger partial charge in [-0.2, -0.15) is 5.10 Å². The quantitative estimate of drug-likeness (QED) is 0.521. The van der Waals surface area contributed by atoms with Crippen LogP contribution in [0.15, 0.2) is 60.9 Å². The van der Waals surface area contributed by atoms with Crippen LogP contribution in [0.1, 0.15) is 41.5 Å². The average Bonchev–Trinajstić information content (AvgIpc) is 3.22. The predicted octanol–water partition coefficient (Wildman–Crippen LogP) is 4.41. The van der Waals surface area contributed by atoms with E-state index in [9.17, 15) is 4.79 Å². The number of aryl methyl sites for hydroxylation is 2. The lowest BCUT2D eigenvalue weighted by Crippen LogP contribution is -2.22. The van der Waals surface area contributed by atoms with Crippen molar-refractivity contribution < 1.29 is 9.53 Å². The molecule has 0 atom stereocenters. The molecule has 3 rings (SSSR count). The number of benzene rings is 2. The first-order valence-electron chi connectivity index (χ1n) is 10.1. The highest BCUT2D eigenvalue weighted by atomic mass is 16.5. The third-order valence-electron chi connectivity index (χ3n) is 4.78. The molecule has 5 nitrogen and oxygen atoms in total. The molecular weight excluding hydrogens is 362 g/mol. The highest BCUT2D eigenvalue weighted by Gasteiger charge is 2.04. The van der Waals surface area contributed by atoms with E-state index in [2.05, 4.69) is 47.7 Å². The molecule has 0 aliphatic carbocycles. The van der Waals surface area contributed by atoms with Gasteiger partial charge in [-0.1, -0.05) is 36.4 Å². The normalized spacial score (nSPS) is 10.7. The lowest BCUT2D eigenvalue weighted by molar-refractivity contribution is -0.121. The second kappa shape index (κ2) is 10.5. The Morgan fingerprint density at radius 3 is 2.76 bits per heavy atom. The number of rotatable bonds is 10. The number of hydrogen-bond acceptors (Lipinski definition) is 3. The summed E-state index contributed by atoms with van der Waals surface area (Å²) in [5.74, 6) is 1.01. The largest absolute Gasteiger partial charge is 0.493 e. The van der Waals surface area contributed by atoms with Gasteiger partial charge in [0.25, 0.3) is 0 Å². The van der Waals surface area contributed by atoms with Crippen LogP contribution in [0.4, 0.5) is 0 Å². The molecule has 0 fully saturated rings. The fraction of sp³-hybridized carbons (Fsp3) is 0.333. The van der Waals surface area contributed by atoms with Crippen LogP contribution in [0.3, 0.4) is 0 Å². The lowest BCUT2D eigenvalue weighted by Gasteiger charge is -2.10. The Morgan fingerprint density at radius 2 is 1.93 bits per heavy atom. The molecule has 0 spiro atoms. The van der Waals surface area contributed by atoms with Gasteiger partial charge in [0.15, 0.2) is 0 Å². The van der Waals surface area contributed by atoms with Gasteiger partial charge in [0.1, 0.15) is 5.75 Å². The summed E-state index contributed by atoms with van der Waals surface area (Å²) in [7, 11) is 0. The minimum atomic E-state index is 0.0780. The molecule has 0 aliphatic rings. The molecule has 1 amide bonds. The summed E-state index contributed by atoms with van der Waals surface area (Å²) in [6, 6.07) is 16.4. The maximum absolute atomic E-state index is 12.1. The number of carbonyl (C=O) groups excluding carboxylic acids is 1. The second-order valence-corrected chi connectivity index (χ2v) is 7.37. The number of carbonyl (C=O) groups is 1. The number of ether oxygens (including phenoxy) is 1. The molecule has 0 radical (unpaired) electrons. The lowest BCUT2D eigenvalue weighted by atomic mass is 10.1. The van der Waals surface area contributed by atoms with Crippen molar-refractivity contribution in [1.82, 2.24) is 15.1 Å². The number of hydrogen-bond donors (Lipinski definition) is 1. The molecule has 1 heterocycles. The molecule has 3 aromatic rings. The van der Waals surface area contributed by atoms with Crippen LogP contribution >= 0.6 is 0 Å². The minimum Gasteiger partial charge on any atom is -0.493 e. The summed E-state index contributed by atoms with van der Waals surface area (Å²) in [5.41, 5.74) is 4.60. The highest BCUT2D eigenvalue weighted by molar-refractivity contribution is 5.75. The zero-order valence-corrected chi connectivity index (χ0v) is 17.2. The van der Waals surface area contributed by atoms with Crippen LogP contribution < -0.4 is 10.1 Å². The van der Waals surface area contributed by atoms with E-state index in [1.54, 1.807) is 6.20 Å². The van der Waals surface area contributed by atoms with E-state index in [-0.39, 0.29) is 5.91 Å². The number of nitrogens with one attached hydrogen (secondary N) is 1. The zero-order chi connectivity index (χ0) is 20.5. The van der Waals surface area contributed by atoms with Gasteiger partial charge in [0.2, 0.25) is 5.91 Å². The average molecular weight is 392 g/mol. The van der Waals surface area contributed by atoms with E-state index >= 15 is 0 Å². The predicted molar refractivity (Wildman–Crippen MR) is 115 cm³/mol. The topological polar surface area (TPSA) is 56.1 Å². The first-order valence-corrected chi connectivity index (χ1v) is 10.1. The van der Waals surface area contributed by atoms with Gasteiger partial charge in [-0.05, 0) is 61.1 Å². The molecule has 0 saturated carbocycles. The molecule has 0 bridgehead atoms. The molecule has 152 valence electrons.